The first kappa shape index (κ1) is 11.1. The van der Waals surface area contributed by atoms with Crippen molar-refractivity contribution < 1.29 is 0 Å². The summed E-state index contributed by atoms with van der Waals surface area (Å²) in [6.07, 6.45) is 0. The van der Waals surface area contributed by atoms with Crippen molar-refractivity contribution in [3.63, 3.8) is 0 Å². The molecule has 0 aliphatic heterocycles. The maximum absolute atomic E-state index is 2.43. The highest BCUT2D eigenvalue weighted by atomic mass is 14.6. The zero-order valence-corrected chi connectivity index (χ0v) is 10.7. The van der Waals surface area contributed by atoms with Crippen LogP contribution in [0.4, 0.5) is 0 Å². The second kappa shape index (κ2) is 2.52. The Morgan fingerprint density at radius 1 is 0.615 bits per heavy atom. The first-order chi connectivity index (χ1) is 5.56. The van der Waals surface area contributed by atoms with Gasteiger partial charge in [-0.25, -0.2) is 0 Å². The molecule has 1 rings (SSSR count). The number of hydrogen-bond acceptors (Lipinski definition) is 0. The second-order valence-corrected chi connectivity index (χ2v) is 6.71. The Kier molecular flexibility index (Phi) is 2.15. The van der Waals surface area contributed by atoms with Crippen molar-refractivity contribution in [1.82, 2.24) is 0 Å². The molecule has 1 aliphatic carbocycles. The van der Waals surface area contributed by atoms with Crippen LogP contribution in [0.5, 0.6) is 0 Å². The lowest BCUT2D eigenvalue weighted by atomic mass is 9.65. The minimum absolute atomic E-state index is 0.454. The SMILES string of the molecule is CC1C(C)(C)C(C)C(C)(C)C1(C)C. The molecular formula is C13H26. The van der Waals surface area contributed by atoms with Crippen LogP contribution in [0, 0.1) is 28.1 Å². The van der Waals surface area contributed by atoms with Crippen molar-refractivity contribution in [3.8, 4) is 0 Å². The molecule has 0 spiro atoms. The van der Waals surface area contributed by atoms with E-state index in [-0.39, 0.29) is 0 Å². The Morgan fingerprint density at radius 2 is 0.846 bits per heavy atom. The lowest BCUT2D eigenvalue weighted by Gasteiger charge is -2.40. The van der Waals surface area contributed by atoms with Gasteiger partial charge >= 0.3 is 0 Å². The average molecular weight is 182 g/mol. The largest absolute Gasteiger partial charge is 0.0615 e. The smallest absolute Gasteiger partial charge is 0.0269 e. The summed E-state index contributed by atoms with van der Waals surface area (Å²) in [5.74, 6) is 1.59. The Bertz CT molecular complexity index is 186. The van der Waals surface area contributed by atoms with E-state index in [0.717, 1.165) is 11.8 Å². The fraction of sp³-hybridized carbons (Fsp3) is 1.00. The van der Waals surface area contributed by atoms with Gasteiger partial charge in [-0.05, 0) is 28.1 Å². The molecule has 0 aromatic rings. The van der Waals surface area contributed by atoms with Crippen molar-refractivity contribution in [2.45, 2.75) is 55.4 Å². The minimum atomic E-state index is 0.454. The van der Waals surface area contributed by atoms with E-state index in [1.54, 1.807) is 0 Å². The molecule has 0 saturated heterocycles. The van der Waals surface area contributed by atoms with Crippen molar-refractivity contribution in [2.75, 3.05) is 0 Å². The molecule has 0 heterocycles. The van der Waals surface area contributed by atoms with E-state index in [1.807, 2.05) is 0 Å². The molecule has 0 N–H and O–H groups in total. The van der Waals surface area contributed by atoms with E-state index in [4.69, 9.17) is 0 Å². The lowest BCUT2D eigenvalue weighted by Crippen LogP contribution is -2.33. The molecule has 1 saturated carbocycles. The van der Waals surface area contributed by atoms with Crippen molar-refractivity contribution in [2.24, 2.45) is 28.1 Å². The summed E-state index contributed by atoms with van der Waals surface area (Å²) >= 11 is 0. The molecule has 2 unspecified atom stereocenters. The first-order valence-corrected chi connectivity index (χ1v) is 5.56. The molecule has 0 heteroatoms. The first-order valence-electron chi connectivity index (χ1n) is 5.56. The van der Waals surface area contributed by atoms with E-state index >= 15 is 0 Å². The van der Waals surface area contributed by atoms with Gasteiger partial charge in [0.25, 0.3) is 0 Å². The Labute approximate surface area is 84.1 Å². The maximum atomic E-state index is 2.43. The summed E-state index contributed by atoms with van der Waals surface area (Å²) in [5.41, 5.74) is 1.39. The van der Waals surface area contributed by atoms with Gasteiger partial charge in [0, 0.05) is 0 Å². The third kappa shape index (κ3) is 1.10. The zero-order chi connectivity index (χ0) is 10.7. The topological polar surface area (TPSA) is 0 Å². The van der Waals surface area contributed by atoms with Gasteiger partial charge in [0.15, 0.2) is 0 Å². The molecule has 0 aromatic carbocycles. The van der Waals surface area contributed by atoms with Crippen LogP contribution in [0.3, 0.4) is 0 Å². The lowest BCUT2D eigenvalue weighted by molar-refractivity contribution is 0.0887. The Morgan fingerprint density at radius 3 is 0.923 bits per heavy atom. The summed E-state index contributed by atoms with van der Waals surface area (Å²) in [6.45, 7) is 19.4. The van der Waals surface area contributed by atoms with Crippen LogP contribution in [0.1, 0.15) is 55.4 Å². The van der Waals surface area contributed by atoms with Gasteiger partial charge in [0.05, 0.1) is 0 Å². The van der Waals surface area contributed by atoms with E-state index < -0.39 is 0 Å². The highest BCUT2D eigenvalue weighted by Crippen LogP contribution is 2.66. The van der Waals surface area contributed by atoms with Gasteiger partial charge < -0.3 is 0 Å². The third-order valence-corrected chi connectivity index (χ3v) is 6.06. The number of hydrogen-bond donors (Lipinski definition) is 0. The standard InChI is InChI=1S/C13H26/c1-9-11(3,4)10(2)13(7,8)12(9,5)6/h9-10H,1-8H3. The van der Waals surface area contributed by atoms with E-state index in [0.29, 0.717) is 16.2 Å². The molecule has 1 fully saturated rings. The Balaban J connectivity index is 3.20. The predicted octanol–water partition coefficient (Wildman–Crippen LogP) is 4.35. The maximum Gasteiger partial charge on any atom is -0.0269 e. The molecule has 1 aliphatic rings. The average Bonchev–Trinajstić information content (AvgIpc) is 2.05. The molecule has 0 radical (unpaired) electrons. The molecule has 0 amide bonds. The summed E-state index contributed by atoms with van der Waals surface area (Å²) in [7, 11) is 0. The van der Waals surface area contributed by atoms with Crippen LogP contribution in [0.15, 0.2) is 0 Å². The molecule has 13 heavy (non-hydrogen) atoms. The van der Waals surface area contributed by atoms with E-state index in [9.17, 15) is 0 Å². The van der Waals surface area contributed by atoms with Crippen LogP contribution >= 0.6 is 0 Å². The molecule has 2 atom stereocenters. The van der Waals surface area contributed by atoms with Gasteiger partial charge in [0.1, 0.15) is 0 Å². The third-order valence-electron chi connectivity index (χ3n) is 6.06. The zero-order valence-electron chi connectivity index (χ0n) is 10.7. The van der Waals surface area contributed by atoms with Crippen LogP contribution in [0.25, 0.3) is 0 Å². The number of rotatable bonds is 0. The molecule has 0 nitrogen and oxygen atoms in total. The van der Waals surface area contributed by atoms with Crippen LogP contribution in [-0.4, -0.2) is 0 Å². The van der Waals surface area contributed by atoms with Crippen molar-refractivity contribution in [1.29, 1.82) is 0 Å². The normalized spacial score (nSPS) is 40.6. The fourth-order valence-electron chi connectivity index (χ4n) is 3.35. The van der Waals surface area contributed by atoms with Crippen LogP contribution < -0.4 is 0 Å². The van der Waals surface area contributed by atoms with Crippen molar-refractivity contribution in [3.05, 3.63) is 0 Å². The summed E-state index contributed by atoms with van der Waals surface area (Å²) in [5, 5.41) is 0. The van der Waals surface area contributed by atoms with Gasteiger partial charge in [0.2, 0.25) is 0 Å². The predicted molar refractivity (Wildman–Crippen MR) is 59.7 cm³/mol. The van der Waals surface area contributed by atoms with Gasteiger partial charge in [-0.3, -0.25) is 0 Å². The summed E-state index contributed by atoms with van der Waals surface area (Å²) in [4.78, 5) is 0. The van der Waals surface area contributed by atoms with E-state index in [2.05, 4.69) is 55.4 Å². The van der Waals surface area contributed by atoms with E-state index in [1.165, 1.54) is 0 Å². The quantitative estimate of drug-likeness (QED) is 0.522. The van der Waals surface area contributed by atoms with Gasteiger partial charge in [-0.2, -0.15) is 0 Å². The molecule has 78 valence electrons. The molecular weight excluding hydrogens is 156 g/mol. The second-order valence-electron chi connectivity index (χ2n) is 6.71. The monoisotopic (exact) mass is 182 g/mol. The molecule has 0 bridgehead atoms. The van der Waals surface area contributed by atoms with Gasteiger partial charge in [-0.1, -0.05) is 55.4 Å². The summed E-state index contributed by atoms with van der Waals surface area (Å²) < 4.78 is 0. The van der Waals surface area contributed by atoms with Gasteiger partial charge in [-0.15, -0.1) is 0 Å². The Hall–Kier alpha value is 0. The van der Waals surface area contributed by atoms with Crippen molar-refractivity contribution >= 4 is 0 Å². The highest BCUT2D eigenvalue weighted by Gasteiger charge is 2.59. The minimum Gasteiger partial charge on any atom is -0.0615 e. The highest BCUT2D eigenvalue weighted by molar-refractivity contribution is 5.08. The summed E-state index contributed by atoms with van der Waals surface area (Å²) in [6, 6.07) is 0. The fourth-order valence-corrected chi connectivity index (χ4v) is 3.35. The van der Waals surface area contributed by atoms with Crippen LogP contribution in [-0.2, 0) is 0 Å². The van der Waals surface area contributed by atoms with Crippen LogP contribution in [0.2, 0.25) is 0 Å². The molecule has 0 aromatic heterocycles.